The van der Waals surface area contributed by atoms with E-state index in [1.54, 1.807) is 0 Å². The molecule has 3 atom stereocenters. The summed E-state index contributed by atoms with van der Waals surface area (Å²) in [5, 5.41) is 6.52. The minimum absolute atomic E-state index is 0. The Balaban J connectivity index is 0.00000220. The van der Waals surface area contributed by atoms with Crippen molar-refractivity contribution in [1.82, 2.24) is 10.6 Å². The lowest BCUT2D eigenvalue weighted by Gasteiger charge is -2.30. The molecular formula is C16H25ClN2O2. The molecule has 21 heavy (non-hydrogen) atoms. The summed E-state index contributed by atoms with van der Waals surface area (Å²) in [6.45, 7) is 5.54. The van der Waals surface area contributed by atoms with E-state index in [0.717, 1.165) is 24.9 Å². The number of ether oxygens (including phenoxy) is 1. The molecule has 2 N–H and O–H groups in total. The number of amides is 1. The summed E-state index contributed by atoms with van der Waals surface area (Å²) in [5.74, 6) is -0.0304. The highest BCUT2D eigenvalue weighted by molar-refractivity contribution is 5.85. The van der Waals surface area contributed by atoms with Crippen LogP contribution in [0, 0.1) is 0 Å². The van der Waals surface area contributed by atoms with Crippen LogP contribution in [0.2, 0.25) is 0 Å². The van der Waals surface area contributed by atoms with Crippen molar-refractivity contribution in [2.75, 3.05) is 13.2 Å². The SMILES string of the molecule is CCOC(C(=O)NC1CCNC(C)C1)c1ccccc1.Cl. The largest absolute Gasteiger partial charge is 0.364 e. The average molecular weight is 313 g/mol. The van der Waals surface area contributed by atoms with Crippen molar-refractivity contribution in [2.24, 2.45) is 0 Å². The minimum atomic E-state index is -0.508. The maximum Gasteiger partial charge on any atom is 0.253 e. The van der Waals surface area contributed by atoms with Gasteiger partial charge >= 0.3 is 0 Å². The summed E-state index contributed by atoms with van der Waals surface area (Å²) in [6, 6.07) is 10.4. The molecule has 1 saturated heterocycles. The van der Waals surface area contributed by atoms with Gasteiger partial charge in [0.15, 0.2) is 6.10 Å². The molecule has 0 radical (unpaired) electrons. The first-order valence-electron chi connectivity index (χ1n) is 7.41. The van der Waals surface area contributed by atoms with Crippen molar-refractivity contribution in [3.05, 3.63) is 35.9 Å². The second-order valence-corrected chi connectivity index (χ2v) is 5.33. The Labute approximate surface area is 133 Å². The molecule has 2 rings (SSSR count). The lowest BCUT2D eigenvalue weighted by Crippen LogP contribution is -2.48. The van der Waals surface area contributed by atoms with Gasteiger partial charge in [-0.1, -0.05) is 30.3 Å². The van der Waals surface area contributed by atoms with Crippen molar-refractivity contribution in [1.29, 1.82) is 0 Å². The van der Waals surface area contributed by atoms with E-state index < -0.39 is 6.10 Å². The molecule has 118 valence electrons. The van der Waals surface area contributed by atoms with Crippen molar-refractivity contribution in [3.8, 4) is 0 Å². The van der Waals surface area contributed by atoms with Gasteiger partial charge < -0.3 is 15.4 Å². The molecule has 0 aliphatic carbocycles. The van der Waals surface area contributed by atoms with Crippen LogP contribution < -0.4 is 10.6 Å². The topological polar surface area (TPSA) is 50.4 Å². The number of piperidine rings is 1. The molecule has 1 aliphatic rings. The normalized spacial score (nSPS) is 23.0. The Morgan fingerprint density at radius 2 is 2.14 bits per heavy atom. The second kappa shape index (κ2) is 9.03. The Bertz CT molecular complexity index is 428. The number of hydrogen-bond acceptors (Lipinski definition) is 3. The average Bonchev–Trinajstić information content (AvgIpc) is 2.45. The van der Waals surface area contributed by atoms with E-state index in [2.05, 4.69) is 17.6 Å². The van der Waals surface area contributed by atoms with E-state index in [-0.39, 0.29) is 24.4 Å². The first kappa shape index (κ1) is 18.0. The smallest absolute Gasteiger partial charge is 0.253 e. The van der Waals surface area contributed by atoms with Crippen LogP contribution >= 0.6 is 12.4 Å². The van der Waals surface area contributed by atoms with Crippen LogP contribution in [0.15, 0.2) is 30.3 Å². The minimum Gasteiger partial charge on any atom is -0.364 e. The summed E-state index contributed by atoms with van der Waals surface area (Å²) >= 11 is 0. The van der Waals surface area contributed by atoms with E-state index in [0.29, 0.717) is 12.6 Å². The number of benzene rings is 1. The van der Waals surface area contributed by atoms with Crippen LogP contribution in [0.1, 0.15) is 38.4 Å². The third-order valence-electron chi connectivity index (χ3n) is 3.64. The molecule has 4 nitrogen and oxygen atoms in total. The van der Waals surface area contributed by atoms with E-state index >= 15 is 0 Å². The maximum atomic E-state index is 12.5. The Kier molecular flexibility index (Phi) is 7.72. The molecule has 5 heteroatoms. The van der Waals surface area contributed by atoms with Gasteiger partial charge in [0.1, 0.15) is 0 Å². The van der Waals surface area contributed by atoms with E-state index in [1.165, 1.54) is 0 Å². The van der Waals surface area contributed by atoms with Crippen LogP contribution in [0.4, 0.5) is 0 Å². The second-order valence-electron chi connectivity index (χ2n) is 5.33. The van der Waals surface area contributed by atoms with Crippen molar-refractivity contribution >= 4 is 18.3 Å². The maximum absolute atomic E-state index is 12.5. The highest BCUT2D eigenvalue weighted by atomic mass is 35.5. The number of nitrogens with one attached hydrogen (secondary N) is 2. The van der Waals surface area contributed by atoms with Crippen molar-refractivity contribution < 1.29 is 9.53 Å². The zero-order valence-corrected chi connectivity index (χ0v) is 13.5. The molecule has 3 unspecified atom stereocenters. The van der Waals surface area contributed by atoms with E-state index in [1.807, 2.05) is 37.3 Å². The third-order valence-corrected chi connectivity index (χ3v) is 3.64. The van der Waals surface area contributed by atoms with Gasteiger partial charge in [0.2, 0.25) is 0 Å². The first-order chi connectivity index (χ1) is 9.70. The number of hydrogen-bond donors (Lipinski definition) is 2. The van der Waals surface area contributed by atoms with E-state index in [4.69, 9.17) is 4.74 Å². The number of carbonyl (C=O) groups excluding carboxylic acids is 1. The van der Waals surface area contributed by atoms with Gasteiger partial charge in [-0.2, -0.15) is 0 Å². The van der Waals surface area contributed by atoms with Gasteiger partial charge in [-0.05, 0) is 38.8 Å². The Morgan fingerprint density at radius 3 is 2.76 bits per heavy atom. The molecule has 0 aromatic heterocycles. The van der Waals surface area contributed by atoms with Gasteiger partial charge in [0, 0.05) is 18.7 Å². The molecular weight excluding hydrogens is 288 g/mol. The zero-order chi connectivity index (χ0) is 14.4. The molecule has 1 heterocycles. The van der Waals surface area contributed by atoms with Crippen molar-refractivity contribution in [3.63, 3.8) is 0 Å². The highest BCUT2D eigenvalue weighted by Crippen LogP contribution is 2.18. The fourth-order valence-corrected chi connectivity index (χ4v) is 2.66. The van der Waals surface area contributed by atoms with Gasteiger partial charge in [0.25, 0.3) is 5.91 Å². The highest BCUT2D eigenvalue weighted by Gasteiger charge is 2.25. The first-order valence-corrected chi connectivity index (χ1v) is 7.41. The van der Waals surface area contributed by atoms with Gasteiger partial charge in [0.05, 0.1) is 0 Å². The molecule has 0 spiro atoms. The lowest BCUT2D eigenvalue weighted by atomic mass is 10.00. The fourth-order valence-electron chi connectivity index (χ4n) is 2.66. The Morgan fingerprint density at radius 1 is 1.43 bits per heavy atom. The molecule has 1 aromatic carbocycles. The van der Waals surface area contributed by atoms with Crippen LogP contribution in [-0.4, -0.2) is 31.1 Å². The summed E-state index contributed by atoms with van der Waals surface area (Å²) in [6.07, 6.45) is 1.44. The van der Waals surface area contributed by atoms with Gasteiger partial charge in [-0.3, -0.25) is 4.79 Å². The monoisotopic (exact) mass is 312 g/mol. The molecule has 0 saturated carbocycles. The number of carbonyl (C=O) groups is 1. The van der Waals surface area contributed by atoms with Crippen molar-refractivity contribution in [2.45, 2.75) is 44.9 Å². The van der Waals surface area contributed by atoms with Crippen LogP contribution in [0.3, 0.4) is 0 Å². The van der Waals surface area contributed by atoms with Gasteiger partial charge in [-0.25, -0.2) is 0 Å². The molecule has 1 aromatic rings. The van der Waals surface area contributed by atoms with Crippen LogP contribution in [-0.2, 0) is 9.53 Å². The quantitative estimate of drug-likeness (QED) is 0.878. The molecule has 1 aliphatic heterocycles. The fraction of sp³-hybridized carbons (Fsp3) is 0.562. The summed E-state index contributed by atoms with van der Waals surface area (Å²) in [4.78, 5) is 12.5. The summed E-state index contributed by atoms with van der Waals surface area (Å²) in [7, 11) is 0. The van der Waals surface area contributed by atoms with E-state index in [9.17, 15) is 4.79 Å². The number of rotatable bonds is 5. The molecule has 1 amide bonds. The van der Waals surface area contributed by atoms with Crippen LogP contribution in [0.25, 0.3) is 0 Å². The number of halogens is 1. The summed E-state index contributed by atoms with van der Waals surface area (Å²) in [5.41, 5.74) is 0.911. The lowest BCUT2D eigenvalue weighted by molar-refractivity contribution is -0.134. The van der Waals surface area contributed by atoms with Gasteiger partial charge in [-0.15, -0.1) is 12.4 Å². The predicted octanol–water partition coefficient (Wildman–Crippen LogP) is 2.44. The zero-order valence-electron chi connectivity index (χ0n) is 12.7. The molecule has 1 fully saturated rings. The summed E-state index contributed by atoms with van der Waals surface area (Å²) < 4.78 is 5.63. The predicted molar refractivity (Wildman–Crippen MR) is 86.7 cm³/mol. The molecule has 0 bridgehead atoms. The third kappa shape index (κ3) is 5.30. The Hall–Kier alpha value is -1.10. The van der Waals surface area contributed by atoms with Crippen LogP contribution in [0.5, 0.6) is 0 Å². The standard InChI is InChI=1S/C16H24N2O2.ClH/c1-3-20-15(13-7-5-4-6-8-13)16(19)18-14-9-10-17-12(2)11-14;/h4-8,12,14-15,17H,3,9-11H2,1-2H3,(H,18,19);1H.